The van der Waals surface area contributed by atoms with Crippen molar-refractivity contribution in [1.82, 2.24) is 4.90 Å². The molecule has 0 radical (unpaired) electrons. The van der Waals surface area contributed by atoms with Crippen LogP contribution in [0.4, 0.5) is 20.6 Å². The molecule has 1 aliphatic rings. The summed E-state index contributed by atoms with van der Waals surface area (Å²) in [5.41, 5.74) is 0.942. The molecule has 3 N–H and O–H groups in total. The molecule has 0 aliphatic carbocycles. The number of nitrogens with two attached hydrogens (primary N) is 1. The average molecular weight is 392 g/mol. The molecular formula is C17H17FN4O4S. The monoisotopic (exact) mass is 392 g/mol. The number of carbonyl (C=O) groups excluding carboxylic acids is 2. The number of amides is 3. The van der Waals surface area contributed by atoms with E-state index in [9.17, 15) is 22.4 Å². The smallest absolute Gasteiger partial charge is 0.325 e. The second-order valence-corrected chi connectivity index (χ2v) is 7.51. The summed E-state index contributed by atoms with van der Waals surface area (Å²) in [6.45, 7) is 0.586. The molecule has 0 spiro atoms. The molecule has 2 aromatic rings. The van der Waals surface area contributed by atoms with Crippen LogP contribution in [0.15, 0.2) is 53.4 Å². The fourth-order valence-electron chi connectivity index (χ4n) is 2.69. The predicted octanol–water partition coefficient (Wildman–Crippen LogP) is 1.35. The largest absolute Gasteiger partial charge is 0.325 e. The van der Waals surface area contributed by atoms with Crippen LogP contribution in [-0.2, 0) is 14.8 Å². The molecule has 2 aromatic carbocycles. The summed E-state index contributed by atoms with van der Waals surface area (Å²) in [5, 5.41) is 7.61. The number of nitrogens with zero attached hydrogens (tertiary/aromatic N) is 2. The Balaban J connectivity index is 1.60. The predicted molar refractivity (Wildman–Crippen MR) is 97.2 cm³/mol. The number of sulfonamides is 1. The van der Waals surface area contributed by atoms with Crippen molar-refractivity contribution < 1.29 is 22.4 Å². The number of hydrogen-bond donors (Lipinski definition) is 2. The average Bonchev–Trinajstić information content (AvgIpc) is 2.96. The van der Waals surface area contributed by atoms with Crippen molar-refractivity contribution in [2.45, 2.75) is 4.90 Å². The van der Waals surface area contributed by atoms with E-state index in [2.05, 4.69) is 5.32 Å². The first-order valence-corrected chi connectivity index (χ1v) is 9.53. The van der Waals surface area contributed by atoms with Gasteiger partial charge in [-0.3, -0.25) is 9.69 Å². The van der Waals surface area contributed by atoms with Gasteiger partial charge in [0.05, 0.1) is 4.90 Å². The minimum atomic E-state index is -3.80. The molecule has 3 rings (SSSR count). The zero-order chi connectivity index (χ0) is 19.6. The summed E-state index contributed by atoms with van der Waals surface area (Å²) in [5.74, 6) is -0.817. The number of rotatable bonds is 5. The van der Waals surface area contributed by atoms with Gasteiger partial charge in [-0.15, -0.1) is 0 Å². The van der Waals surface area contributed by atoms with Gasteiger partial charge in [-0.25, -0.2) is 22.7 Å². The lowest BCUT2D eigenvalue weighted by molar-refractivity contribution is -0.116. The second-order valence-electron chi connectivity index (χ2n) is 5.95. The number of nitrogens with one attached hydrogen (secondary N) is 1. The van der Waals surface area contributed by atoms with Crippen LogP contribution in [0, 0.1) is 5.82 Å². The zero-order valence-electron chi connectivity index (χ0n) is 14.1. The van der Waals surface area contributed by atoms with Crippen molar-refractivity contribution in [3.63, 3.8) is 0 Å². The standard InChI is InChI=1S/C17H17FN4O4S/c18-12-1-5-14(6-2-12)22-10-9-21(17(22)24)11-16(23)20-13-3-7-15(8-4-13)27(19,25)26/h1-8H,9-11H2,(H,20,23)(H2,19,25,26). The molecule has 10 heteroatoms. The molecule has 0 aromatic heterocycles. The maximum atomic E-state index is 13.0. The maximum absolute atomic E-state index is 13.0. The van der Waals surface area contributed by atoms with Crippen LogP contribution in [0.1, 0.15) is 0 Å². The minimum absolute atomic E-state index is 0.0647. The molecule has 1 heterocycles. The van der Waals surface area contributed by atoms with E-state index in [1.165, 1.54) is 58.3 Å². The van der Waals surface area contributed by atoms with E-state index >= 15 is 0 Å². The van der Waals surface area contributed by atoms with Crippen LogP contribution in [0.5, 0.6) is 0 Å². The van der Waals surface area contributed by atoms with Gasteiger partial charge in [-0.1, -0.05) is 0 Å². The van der Waals surface area contributed by atoms with E-state index in [0.717, 1.165) is 0 Å². The van der Waals surface area contributed by atoms with Crippen molar-refractivity contribution in [2.24, 2.45) is 5.14 Å². The summed E-state index contributed by atoms with van der Waals surface area (Å²) in [6, 6.07) is 10.6. The van der Waals surface area contributed by atoms with Crippen LogP contribution < -0.4 is 15.4 Å². The Bertz CT molecular complexity index is 961. The van der Waals surface area contributed by atoms with Gasteiger partial charge in [-0.2, -0.15) is 0 Å². The van der Waals surface area contributed by atoms with Crippen molar-refractivity contribution >= 4 is 33.3 Å². The molecule has 0 bridgehead atoms. The Labute approximate surface area is 155 Å². The van der Waals surface area contributed by atoms with Gasteiger partial charge in [0.2, 0.25) is 15.9 Å². The number of anilines is 2. The Morgan fingerprint density at radius 1 is 1.07 bits per heavy atom. The summed E-state index contributed by atoms with van der Waals surface area (Å²) in [6.07, 6.45) is 0. The van der Waals surface area contributed by atoms with E-state index < -0.39 is 21.7 Å². The Hall–Kier alpha value is -2.98. The van der Waals surface area contributed by atoms with E-state index in [1.54, 1.807) is 0 Å². The van der Waals surface area contributed by atoms with Crippen molar-refractivity contribution in [1.29, 1.82) is 0 Å². The van der Waals surface area contributed by atoms with E-state index in [0.29, 0.717) is 24.5 Å². The molecular weight excluding hydrogens is 375 g/mol. The highest BCUT2D eigenvalue weighted by Crippen LogP contribution is 2.20. The van der Waals surface area contributed by atoms with Crippen LogP contribution in [0.25, 0.3) is 0 Å². The van der Waals surface area contributed by atoms with Crippen molar-refractivity contribution in [3.8, 4) is 0 Å². The highest BCUT2D eigenvalue weighted by Gasteiger charge is 2.30. The van der Waals surface area contributed by atoms with Gasteiger partial charge in [0.1, 0.15) is 12.4 Å². The molecule has 1 saturated heterocycles. The number of hydrogen-bond acceptors (Lipinski definition) is 4. The summed E-state index contributed by atoms with van der Waals surface area (Å²) in [7, 11) is -3.80. The zero-order valence-corrected chi connectivity index (χ0v) is 14.9. The Morgan fingerprint density at radius 2 is 1.70 bits per heavy atom. The number of urea groups is 1. The summed E-state index contributed by atoms with van der Waals surface area (Å²) >= 11 is 0. The van der Waals surface area contributed by atoms with Crippen LogP contribution in [0.3, 0.4) is 0 Å². The van der Waals surface area contributed by atoms with Gasteiger partial charge in [0.25, 0.3) is 0 Å². The van der Waals surface area contributed by atoms with Crippen LogP contribution in [0.2, 0.25) is 0 Å². The summed E-state index contributed by atoms with van der Waals surface area (Å²) < 4.78 is 35.4. The first-order valence-electron chi connectivity index (χ1n) is 7.99. The van der Waals surface area contributed by atoms with E-state index in [1.807, 2.05) is 0 Å². The molecule has 0 saturated carbocycles. The molecule has 0 unspecified atom stereocenters. The topological polar surface area (TPSA) is 113 Å². The van der Waals surface area contributed by atoms with Crippen LogP contribution >= 0.6 is 0 Å². The third-order valence-electron chi connectivity index (χ3n) is 4.03. The minimum Gasteiger partial charge on any atom is -0.325 e. The first-order chi connectivity index (χ1) is 12.7. The lowest BCUT2D eigenvalue weighted by Crippen LogP contribution is -2.37. The maximum Gasteiger partial charge on any atom is 0.325 e. The van der Waals surface area contributed by atoms with Gasteiger partial charge >= 0.3 is 6.03 Å². The van der Waals surface area contributed by atoms with Gasteiger partial charge in [0, 0.05) is 24.5 Å². The van der Waals surface area contributed by atoms with Gasteiger partial charge < -0.3 is 10.2 Å². The number of halogens is 1. The van der Waals surface area contributed by atoms with Crippen molar-refractivity contribution in [2.75, 3.05) is 29.9 Å². The number of carbonyl (C=O) groups is 2. The summed E-state index contributed by atoms with van der Waals surface area (Å²) in [4.78, 5) is 27.4. The molecule has 3 amide bonds. The molecule has 0 atom stereocenters. The fourth-order valence-corrected chi connectivity index (χ4v) is 3.21. The molecule has 142 valence electrons. The third-order valence-corrected chi connectivity index (χ3v) is 4.96. The highest BCUT2D eigenvalue weighted by atomic mass is 32.2. The first kappa shape index (κ1) is 18.8. The molecule has 27 heavy (non-hydrogen) atoms. The number of primary sulfonamides is 1. The highest BCUT2D eigenvalue weighted by molar-refractivity contribution is 7.89. The lowest BCUT2D eigenvalue weighted by atomic mass is 10.3. The Morgan fingerprint density at radius 3 is 2.30 bits per heavy atom. The van der Waals surface area contributed by atoms with Gasteiger partial charge in [-0.05, 0) is 48.5 Å². The van der Waals surface area contributed by atoms with E-state index in [4.69, 9.17) is 5.14 Å². The number of benzene rings is 2. The van der Waals surface area contributed by atoms with Crippen molar-refractivity contribution in [3.05, 3.63) is 54.3 Å². The molecule has 8 nitrogen and oxygen atoms in total. The fraction of sp³-hybridized carbons (Fsp3) is 0.176. The lowest BCUT2D eigenvalue weighted by Gasteiger charge is -2.18. The normalized spacial score (nSPS) is 14.5. The molecule has 1 fully saturated rings. The third kappa shape index (κ3) is 4.41. The second kappa shape index (κ2) is 7.33. The Kier molecular flexibility index (Phi) is 5.10. The van der Waals surface area contributed by atoms with Crippen LogP contribution in [-0.4, -0.2) is 44.9 Å². The van der Waals surface area contributed by atoms with E-state index in [-0.39, 0.29) is 17.5 Å². The quantitative estimate of drug-likeness (QED) is 0.800. The SMILES string of the molecule is NS(=O)(=O)c1ccc(NC(=O)CN2CCN(c3ccc(F)cc3)C2=O)cc1. The van der Waals surface area contributed by atoms with Gasteiger partial charge in [0.15, 0.2) is 0 Å². The molecule has 1 aliphatic heterocycles.